The maximum atomic E-state index is 12.9. The highest BCUT2D eigenvalue weighted by molar-refractivity contribution is 8.01. The van der Waals surface area contributed by atoms with Crippen molar-refractivity contribution in [2.75, 3.05) is 30.5 Å². The van der Waals surface area contributed by atoms with Crippen molar-refractivity contribution in [1.82, 2.24) is 35.4 Å². The lowest BCUT2D eigenvalue weighted by atomic mass is 10.0. The van der Waals surface area contributed by atoms with Crippen LogP contribution in [0.5, 0.6) is 0 Å². The number of aliphatic hydroxyl groups is 1. The average Bonchev–Trinajstić information content (AvgIpc) is 3.45. The molecule has 0 aliphatic carbocycles. The molecular formula is C17H19N9O6S3. The number of nitrogens with one attached hydrogen (secondary N) is 1. The van der Waals surface area contributed by atoms with Crippen LogP contribution in [0.1, 0.15) is 5.69 Å². The normalized spacial score (nSPS) is 19.9. The Hall–Kier alpha value is -3.22. The molecule has 2 aliphatic rings. The summed E-state index contributed by atoms with van der Waals surface area (Å²) in [4.78, 5) is 48.0. The van der Waals surface area contributed by atoms with Gasteiger partial charge >= 0.3 is 5.97 Å². The zero-order valence-corrected chi connectivity index (χ0v) is 20.5. The number of aliphatic hydroxyl groups excluding tert-OH is 1. The molecule has 2 aromatic heterocycles. The predicted molar refractivity (Wildman–Crippen MR) is 125 cm³/mol. The number of thiazole rings is 1. The number of nitrogen functional groups attached to an aromatic ring is 1. The van der Waals surface area contributed by atoms with Crippen LogP contribution in [-0.2, 0) is 26.3 Å². The molecule has 2 aromatic rings. The van der Waals surface area contributed by atoms with E-state index in [4.69, 9.17) is 15.7 Å². The zero-order chi connectivity index (χ0) is 25.1. The summed E-state index contributed by atoms with van der Waals surface area (Å²) in [6.45, 7) is -0.465. The molecule has 0 bridgehead atoms. The molecule has 4 rings (SSSR count). The number of amides is 2. The summed E-state index contributed by atoms with van der Waals surface area (Å²) >= 11 is 3.67. The van der Waals surface area contributed by atoms with Gasteiger partial charge in [0.25, 0.3) is 11.8 Å². The fraction of sp³-hybridized carbons (Fsp3) is 0.412. The highest BCUT2D eigenvalue weighted by atomic mass is 32.2. The van der Waals surface area contributed by atoms with Crippen LogP contribution in [0.15, 0.2) is 27.0 Å². The number of aliphatic carboxylic acids is 1. The molecule has 0 aromatic carbocycles. The third-order valence-corrected chi connectivity index (χ3v) is 7.92. The molecule has 0 saturated carbocycles. The summed E-state index contributed by atoms with van der Waals surface area (Å²) in [5, 5.41) is 37.8. The Labute approximate surface area is 209 Å². The summed E-state index contributed by atoms with van der Waals surface area (Å²) in [5.74, 6) is -1.93. The smallest absolute Gasteiger partial charge is 0.352 e. The minimum Gasteiger partial charge on any atom is -0.477 e. The summed E-state index contributed by atoms with van der Waals surface area (Å²) < 4.78 is 1.46. The van der Waals surface area contributed by atoms with Crippen LogP contribution in [0.3, 0.4) is 0 Å². The van der Waals surface area contributed by atoms with Crippen LogP contribution < -0.4 is 11.1 Å². The van der Waals surface area contributed by atoms with E-state index < -0.39 is 29.2 Å². The van der Waals surface area contributed by atoms with Gasteiger partial charge in [-0.15, -0.1) is 28.2 Å². The number of carbonyl (C=O) groups excluding carboxylic acids is 2. The van der Waals surface area contributed by atoms with Crippen molar-refractivity contribution in [1.29, 1.82) is 0 Å². The van der Waals surface area contributed by atoms with Crippen molar-refractivity contribution in [3.63, 3.8) is 0 Å². The van der Waals surface area contributed by atoms with Crippen molar-refractivity contribution in [3.8, 4) is 0 Å². The third kappa shape index (κ3) is 5.09. The van der Waals surface area contributed by atoms with Gasteiger partial charge in [0.2, 0.25) is 5.16 Å². The molecule has 2 atom stereocenters. The predicted octanol–water partition coefficient (Wildman–Crippen LogP) is -1.51. The van der Waals surface area contributed by atoms with E-state index in [2.05, 4.69) is 31.0 Å². The number of anilines is 1. The van der Waals surface area contributed by atoms with E-state index in [-0.39, 0.29) is 41.2 Å². The van der Waals surface area contributed by atoms with Crippen LogP contribution in [0, 0.1) is 0 Å². The quantitative estimate of drug-likeness (QED) is 0.0887. The number of tetrazole rings is 1. The lowest BCUT2D eigenvalue weighted by molar-refractivity contribution is -0.150. The number of β-lactam (4-membered cyclic amide) rings is 1. The Balaban J connectivity index is 1.49. The Morgan fingerprint density at radius 3 is 2.89 bits per heavy atom. The fourth-order valence-corrected chi connectivity index (χ4v) is 6.13. The van der Waals surface area contributed by atoms with Gasteiger partial charge in [0.15, 0.2) is 10.8 Å². The molecule has 35 heavy (non-hydrogen) atoms. The van der Waals surface area contributed by atoms with E-state index in [0.29, 0.717) is 16.5 Å². The summed E-state index contributed by atoms with van der Waals surface area (Å²) in [5.41, 5.74) is 6.00. The maximum Gasteiger partial charge on any atom is 0.352 e. The molecule has 186 valence electrons. The molecule has 2 unspecified atom stereocenters. The maximum absolute atomic E-state index is 12.9. The first kappa shape index (κ1) is 24.9. The molecule has 2 amide bonds. The second kappa shape index (κ2) is 10.6. The Morgan fingerprint density at radius 1 is 1.46 bits per heavy atom. The number of nitrogens with zero attached hydrogens (tertiary/aromatic N) is 7. The first-order chi connectivity index (χ1) is 16.8. The topological polar surface area (TPSA) is 211 Å². The fourth-order valence-electron chi connectivity index (χ4n) is 3.25. The number of carboxylic acid groups (broad SMARTS) is 1. The lowest BCUT2D eigenvalue weighted by Crippen LogP contribution is -2.71. The number of carboxylic acids is 1. The molecule has 1 fully saturated rings. The number of hydrogen-bond acceptors (Lipinski definition) is 14. The monoisotopic (exact) mass is 541 g/mol. The summed E-state index contributed by atoms with van der Waals surface area (Å²) in [7, 11) is 1.67. The number of rotatable bonds is 10. The first-order valence-electron chi connectivity index (χ1n) is 9.90. The molecule has 15 nitrogen and oxygen atoms in total. The van der Waals surface area contributed by atoms with Crippen LogP contribution in [0.25, 0.3) is 0 Å². The van der Waals surface area contributed by atoms with Gasteiger partial charge in [0.05, 0.1) is 6.61 Å². The Morgan fingerprint density at radius 2 is 2.26 bits per heavy atom. The Bertz CT molecular complexity index is 1210. The molecular weight excluding hydrogens is 522 g/mol. The number of aryl methyl sites for hydroxylation is 1. The number of thioether (sulfide) groups is 2. The van der Waals surface area contributed by atoms with E-state index in [1.807, 2.05) is 0 Å². The lowest BCUT2D eigenvalue weighted by Gasteiger charge is -2.49. The molecule has 5 N–H and O–H groups in total. The number of carbonyl (C=O) groups is 3. The van der Waals surface area contributed by atoms with E-state index in [9.17, 15) is 19.5 Å². The number of oxime groups is 1. The van der Waals surface area contributed by atoms with Gasteiger partial charge in [-0.25, -0.2) is 14.5 Å². The number of hydrogen-bond donors (Lipinski definition) is 4. The average molecular weight is 542 g/mol. The van der Waals surface area contributed by atoms with Gasteiger partial charge in [0, 0.05) is 23.9 Å². The van der Waals surface area contributed by atoms with Gasteiger partial charge in [-0.05, 0) is 16.0 Å². The minimum absolute atomic E-state index is 0.112. The van der Waals surface area contributed by atoms with Crippen molar-refractivity contribution < 1.29 is 29.4 Å². The molecule has 18 heteroatoms. The second-order valence-corrected chi connectivity index (χ2v) is 10.00. The van der Waals surface area contributed by atoms with Crippen LogP contribution in [0.2, 0.25) is 0 Å². The minimum atomic E-state index is -1.24. The number of fused-ring (bicyclic) bond motifs is 1. The molecule has 0 radical (unpaired) electrons. The van der Waals surface area contributed by atoms with Gasteiger partial charge < -0.3 is 26.1 Å². The van der Waals surface area contributed by atoms with Crippen LogP contribution in [-0.4, -0.2) is 99.9 Å². The summed E-state index contributed by atoms with van der Waals surface area (Å²) in [6.07, 6.45) is 0. The van der Waals surface area contributed by atoms with Crippen molar-refractivity contribution in [2.24, 2.45) is 12.2 Å². The number of aromatic nitrogens is 5. The highest BCUT2D eigenvalue weighted by Crippen LogP contribution is 2.41. The largest absolute Gasteiger partial charge is 0.477 e. The molecule has 1 saturated heterocycles. The first-order valence-corrected chi connectivity index (χ1v) is 12.8. The third-order valence-electron chi connectivity index (χ3n) is 4.81. The molecule has 0 spiro atoms. The van der Waals surface area contributed by atoms with E-state index >= 15 is 0 Å². The summed E-state index contributed by atoms with van der Waals surface area (Å²) in [6, 6.07) is -0.974. The van der Waals surface area contributed by atoms with Crippen LogP contribution in [0.4, 0.5) is 5.13 Å². The van der Waals surface area contributed by atoms with Crippen LogP contribution >= 0.6 is 34.9 Å². The molecule has 4 heterocycles. The number of nitrogens with two attached hydrogens (primary N) is 1. The van der Waals surface area contributed by atoms with Gasteiger partial charge in [-0.3, -0.25) is 14.5 Å². The highest BCUT2D eigenvalue weighted by Gasteiger charge is 2.54. The molecule has 2 aliphatic heterocycles. The van der Waals surface area contributed by atoms with Crippen molar-refractivity contribution in [3.05, 3.63) is 22.3 Å². The van der Waals surface area contributed by atoms with E-state index in [1.54, 1.807) is 7.05 Å². The van der Waals surface area contributed by atoms with Gasteiger partial charge in [0.1, 0.15) is 29.4 Å². The zero-order valence-electron chi connectivity index (χ0n) is 18.0. The van der Waals surface area contributed by atoms with Gasteiger partial charge in [-0.1, -0.05) is 16.9 Å². The van der Waals surface area contributed by atoms with E-state index in [0.717, 1.165) is 11.3 Å². The van der Waals surface area contributed by atoms with Gasteiger partial charge in [-0.2, -0.15) is 0 Å². The van der Waals surface area contributed by atoms with Crippen molar-refractivity contribution in [2.45, 2.75) is 16.6 Å². The second-order valence-electron chi connectivity index (χ2n) is 7.06. The Kier molecular flexibility index (Phi) is 7.53. The standard InChI is InChI=1S/C17H19N9O6S3/c1-25-17(21-23-24-25)35-5-7-4-33-14-10(13(29)26(14)11(7)15(30)31)20-12(28)9(22-32-3-2-27)8-6-34-16(18)19-8/h6,10,14,27H,2-5H2,1H3,(H2,18,19)(H,20,28)(H,30,31)/b22-9+. The van der Waals surface area contributed by atoms with E-state index in [1.165, 1.54) is 38.5 Å². The SMILES string of the molecule is Cn1nnnc1SCC1=C(C(=O)O)N2C(=O)C(NC(=O)/C(=N/OCCO)c3csc(N)n3)C2SC1. The van der Waals surface area contributed by atoms with Crippen molar-refractivity contribution >= 4 is 63.5 Å².